The van der Waals surface area contributed by atoms with Crippen LogP contribution >= 0.6 is 23.2 Å². The van der Waals surface area contributed by atoms with E-state index in [9.17, 15) is 4.79 Å². The Morgan fingerprint density at radius 2 is 2.09 bits per heavy atom. The molecule has 0 aliphatic carbocycles. The largest absolute Gasteiger partial charge is 0.492 e. The zero-order chi connectivity index (χ0) is 16.4. The molecule has 4 nitrogen and oxygen atoms in total. The molecule has 1 aliphatic heterocycles. The Balaban J connectivity index is 1.69. The lowest BCUT2D eigenvalue weighted by Crippen LogP contribution is -2.07. The minimum absolute atomic E-state index is 0.0631. The topological polar surface area (TPSA) is 55.8 Å². The minimum Gasteiger partial charge on any atom is -0.492 e. The standard InChI is InChI=1S/C17H14Cl2O4/c18-12-2-1-10(15(19)6-12)8-22-13-3-4-14-11(5-17(20)21)9-23-16(14)7-13/h1-4,6-7,11H,5,8-9H2,(H,20,21)/t11-/m1/s1. The van der Waals surface area contributed by atoms with Gasteiger partial charge in [-0.2, -0.15) is 0 Å². The molecule has 1 N–H and O–H groups in total. The Hall–Kier alpha value is -1.91. The SMILES string of the molecule is O=C(O)C[C@@H]1COc2cc(OCc3ccc(Cl)cc3Cl)ccc21. The summed E-state index contributed by atoms with van der Waals surface area (Å²) in [4.78, 5) is 10.8. The van der Waals surface area contributed by atoms with Crippen LogP contribution in [0.25, 0.3) is 0 Å². The van der Waals surface area contributed by atoms with Gasteiger partial charge in [0, 0.05) is 33.2 Å². The first kappa shape index (κ1) is 16.0. The van der Waals surface area contributed by atoms with Crippen molar-refractivity contribution in [2.45, 2.75) is 18.9 Å². The highest BCUT2D eigenvalue weighted by Crippen LogP contribution is 2.38. The highest BCUT2D eigenvalue weighted by Gasteiger charge is 2.26. The highest BCUT2D eigenvalue weighted by atomic mass is 35.5. The lowest BCUT2D eigenvalue weighted by Gasteiger charge is -2.10. The van der Waals surface area contributed by atoms with Gasteiger partial charge in [-0.25, -0.2) is 0 Å². The van der Waals surface area contributed by atoms with E-state index in [1.807, 2.05) is 18.2 Å². The summed E-state index contributed by atoms with van der Waals surface area (Å²) in [6.45, 7) is 0.696. The second kappa shape index (κ2) is 6.69. The highest BCUT2D eigenvalue weighted by molar-refractivity contribution is 6.35. The normalized spacial score (nSPS) is 15.8. The van der Waals surface area contributed by atoms with Crippen LogP contribution in [0.5, 0.6) is 11.5 Å². The quantitative estimate of drug-likeness (QED) is 0.859. The molecule has 3 rings (SSSR count). The van der Waals surface area contributed by atoms with Gasteiger partial charge in [-0.3, -0.25) is 4.79 Å². The number of fused-ring (bicyclic) bond motifs is 1. The van der Waals surface area contributed by atoms with Gasteiger partial charge in [-0.15, -0.1) is 0 Å². The predicted octanol–water partition coefficient (Wildman–Crippen LogP) is 4.52. The number of carbonyl (C=O) groups is 1. The van der Waals surface area contributed by atoms with E-state index >= 15 is 0 Å². The fourth-order valence-corrected chi connectivity index (χ4v) is 2.99. The number of hydrogen-bond donors (Lipinski definition) is 1. The van der Waals surface area contributed by atoms with Gasteiger partial charge < -0.3 is 14.6 Å². The van der Waals surface area contributed by atoms with E-state index in [2.05, 4.69) is 0 Å². The van der Waals surface area contributed by atoms with Crippen molar-refractivity contribution in [3.8, 4) is 11.5 Å². The summed E-state index contributed by atoms with van der Waals surface area (Å²) >= 11 is 12.0. The van der Waals surface area contributed by atoms with Crippen molar-refractivity contribution in [2.24, 2.45) is 0 Å². The molecule has 23 heavy (non-hydrogen) atoms. The Kier molecular flexibility index (Phi) is 4.64. The second-order valence-electron chi connectivity index (χ2n) is 5.33. The molecule has 1 atom stereocenters. The fourth-order valence-electron chi connectivity index (χ4n) is 2.53. The molecule has 0 saturated carbocycles. The molecule has 1 heterocycles. The van der Waals surface area contributed by atoms with Gasteiger partial charge in [-0.1, -0.05) is 35.3 Å². The third-order valence-corrected chi connectivity index (χ3v) is 4.28. The fraction of sp³-hybridized carbons (Fsp3) is 0.235. The third-order valence-electron chi connectivity index (χ3n) is 3.70. The summed E-state index contributed by atoms with van der Waals surface area (Å²) in [6, 6.07) is 10.7. The molecule has 0 saturated heterocycles. The first-order valence-corrected chi connectivity index (χ1v) is 7.84. The van der Waals surface area contributed by atoms with Crippen molar-refractivity contribution < 1.29 is 19.4 Å². The molecular formula is C17H14Cl2O4. The van der Waals surface area contributed by atoms with Gasteiger partial charge in [0.25, 0.3) is 0 Å². The van der Waals surface area contributed by atoms with E-state index < -0.39 is 5.97 Å². The van der Waals surface area contributed by atoms with Gasteiger partial charge >= 0.3 is 5.97 Å². The van der Waals surface area contributed by atoms with Crippen LogP contribution in [-0.4, -0.2) is 17.7 Å². The number of halogens is 2. The van der Waals surface area contributed by atoms with Crippen molar-refractivity contribution in [3.63, 3.8) is 0 Å². The van der Waals surface area contributed by atoms with Crippen LogP contribution in [0.15, 0.2) is 36.4 Å². The number of carboxylic acids is 1. The molecule has 2 aromatic rings. The molecule has 0 bridgehead atoms. The van der Waals surface area contributed by atoms with Crippen LogP contribution in [0.4, 0.5) is 0 Å². The number of hydrogen-bond acceptors (Lipinski definition) is 3. The summed E-state index contributed by atoms with van der Waals surface area (Å²) in [6.07, 6.45) is 0.0631. The first-order valence-electron chi connectivity index (χ1n) is 7.08. The molecule has 120 valence electrons. The van der Waals surface area contributed by atoms with E-state index in [0.29, 0.717) is 34.8 Å². The molecule has 0 unspecified atom stereocenters. The maximum Gasteiger partial charge on any atom is 0.304 e. The van der Waals surface area contributed by atoms with Crippen LogP contribution in [0.1, 0.15) is 23.5 Å². The molecule has 0 aromatic heterocycles. The Morgan fingerprint density at radius 1 is 1.26 bits per heavy atom. The number of benzene rings is 2. The summed E-state index contributed by atoms with van der Waals surface area (Å²) in [5, 5.41) is 10.0. The molecule has 0 amide bonds. The van der Waals surface area contributed by atoms with Crippen LogP contribution in [-0.2, 0) is 11.4 Å². The van der Waals surface area contributed by atoms with Crippen molar-refractivity contribution >= 4 is 29.2 Å². The lowest BCUT2D eigenvalue weighted by atomic mass is 9.98. The predicted molar refractivity (Wildman–Crippen MR) is 87.7 cm³/mol. The van der Waals surface area contributed by atoms with Gasteiger partial charge in [0.05, 0.1) is 13.0 Å². The van der Waals surface area contributed by atoms with Gasteiger partial charge in [0.2, 0.25) is 0 Å². The zero-order valence-corrected chi connectivity index (χ0v) is 13.6. The average Bonchev–Trinajstić information content (AvgIpc) is 2.88. The molecule has 0 spiro atoms. The molecule has 6 heteroatoms. The van der Waals surface area contributed by atoms with Crippen LogP contribution in [0.3, 0.4) is 0 Å². The van der Waals surface area contributed by atoms with Crippen LogP contribution in [0, 0.1) is 0 Å². The maximum atomic E-state index is 10.8. The number of aliphatic carboxylic acids is 1. The summed E-state index contributed by atoms with van der Waals surface area (Å²) in [5.74, 6) is 0.383. The van der Waals surface area contributed by atoms with Crippen LogP contribution < -0.4 is 9.47 Å². The van der Waals surface area contributed by atoms with E-state index in [1.165, 1.54) is 0 Å². The average molecular weight is 353 g/mol. The smallest absolute Gasteiger partial charge is 0.304 e. The van der Waals surface area contributed by atoms with E-state index in [0.717, 1.165) is 11.1 Å². The van der Waals surface area contributed by atoms with Crippen molar-refractivity contribution in [1.82, 2.24) is 0 Å². The lowest BCUT2D eigenvalue weighted by molar-refractivity contribution is -0.137. The summed E-state index contributed by atoms with van der Waals surface area (Å²) in [7, 11) is 0. The molecule has 2 aromatic carbocycles. The molecular weight excluding hydrogens is 339 g/mol. The van der Waals surface area contributed by atoms with Gasteiger partial charge in [0.15, 0.2) is 0 Å². The Morgan fingerprint density at radius 3 is 2.83 bits per heavy atom. The third kappa shape index (κ3) is 3.71. The van der Waals surface area contributed by atoms with Crippen molar-refractivity contribution in [2.75, 3.05) is 6.61 Å². The van der Waals surface area contributed by atoms with E-state index in [1.54, 1.807) is 18.2 Å². The monoisotopic (exact) mass is 352 g/mol. The Labute approximate surface area is 143 Å². The van der Waals surface area contributed by atoms with Gasteiger partial charge in [-0.05, 0) is 18.2 Å². The summed E-state index contributed by atoms with van der Waals surface area (Å²) in [5.41, 5.74) is 1.74. The maximum absolute atomic E-state index is 10.8. The number of rotatable bonds is 5. The first-order chi connectivity index (χ1) is 11.0. The number of ether oxygens (including phenoxy) is 2. The molecule has 1 aliphatic rings. The van der Waals surface area contributed by atoms with Crippen LogP contribution in [0.2, 0.25) is 10.0 Å². The van der Waals surface area contributed by atoms with Gasteiger partial charge in [0.1, 0.15) is 18.1 Å². The van der Waals surface area contributed by atoms with Crippen molar-refractivity contribution in [3.05, 3.63) is 57.6 Å². The Bertz CT molecular complexity index is 745. The zero-order valence-electron chi connectivity index (χ0n) is 12.1. The number of carboxylic acid groups (broad SMARTS) is 1. The summed E-state index contributed by atoms with van der Waals surface area (Å²) < 4.78 is 11.3. The van der Waals surface area contributed by atoms with Crippen molar-refractivity contribution in [1.29, 1.82) is 0 Å². The molecule has 0 radical (unpaired) electrons. The van der Waals surface area contributed by atoms with E-state index in [4.69, 9.17) is 37.8 Å². The minimum atomic E-state index is -0.829. The van der Waals surface area contributed by atoms with E-state index in [-0.39, 0.29) is 12.3 Å². The second-order valence-corrected chi connectivity index (χ2v) is 6.17. The molecule has 0 fully saturated rings.